The van der Waals surface area contributed by atoms with Gasteiger partial charge in [0.25, 0.3) is 0 Å². The number of thiophene rings is 1. The van der Waals surface area contributed by atoms with Gasteiger partial charge in [-0.15, -0.1) is 23.1 Å². The molecule has 0 bridgehead atoms. The van der Waals surface area contributed by atoms with Crippen molar-refractivity contribution in [1.29, 1.82) is 0 Å². The first-order valence-corrected chi connectivity index (χ1v) is 25.7. The largest absolute Gasteiger partial charge is 0.487 e. The molecule has 5 aliphatic rings. The van der Waals surface area contributed by atoms with Crippen LogP contribution in [-0.4, -0.2) is 27.4 Å². The molecule has 68 heavy (non-hydrogen) atoms. The van der Waals surface area contributed by atoms with Gasteiger partial charge in [0.2, 0.25) is 0 Å². The lowest BCUT2D eigenvalue weighted by molar-refractivity contribution is 0.170. The van der Waals surface area contributed by atoms with E-state index >= 15 is 0 Å². The summed E-state index contributed by atoms with van der Waals surface area (Å²) in [7, 11) is 0. The average Bonchev–Trinajstić information content (AvgIpc) is 4.16. The van der Waals surface area contributed by atoms with Crippen molar-refractivity contribution in [3.63, 3.8) is 0 Å². The number of aromatic nitrogens is 2. The van der Waals surface area contributed by atoms with Crippen LogP contribution in [0.5, 0.6) is 5.75 Å². The van der Waals surface area contributed by atoms with Crippen LogP contribution in [0.2, 0.25) is 0 Å². The highest BCUT2D eigenvalue weighted by Gasteiger charge is 2.56. The molecule has 0 saturated carbocycles. The third-order valence-corrected chi connectivity index (χ3v) is 18.4. The van der Waals surface area contributed by atoms with E-state index in [9.17, 15) is 0 Å². The number of para-hydroxylation sites is 1. The van der Waals surface area contributed by atoms with Crippen LogP contribution in [-0.2, 0) is 0 Å². The molecule has 16 rings (SSSR count). The number of rotatable bonds is 3. The summed E-state index contributed by atoms with van der Waals surface area (Å²) in [6, 6.07) is 65.5. The molecule has 2 aliphatic carbocycles. The molecule has 322 valence electrons. The standard InChI is InChI=1S/C62H41N3OS2/c1-2-12-40-34(11-1)25-28-49-59(40)64-62(58(63-49)38-24-27-44-42-14-7-10-20-53(42)68-55(44)33-38)65-50-18-8-5-17-47(50)56-45-15-3-4-16-46(45)57-48-30-39-29-35(21-22-36(39)31-51(48)66-61(57)60(56)65)37-23-26-43-41-13-6-9-19-52(41)67-54(43)32-37/h1-9,11-19,21-33,42,53,56-57,60-61H,10,20H2. The van der Waals surface area contributed by atoms with Gasteiger partial charge >= 0.3 is 0 Å². The Morgan fingerprint density at radius 1 is 0.544 bits per heavy atom. The van der Waals surface area contributed by atoms with E-state index in [1.165, 1.54) is 86.9 Å². The van der Waals surface area contributed by atoms with E-state index in [1.54, 1.807) is 0 Å². The Morgan fingerprint density at radius 2 is 1.31 bits per heavy atom. The molecule has 6 heteroatoms. The summed E-state index contributed by atoms with van der Waals surface area (Å²) in [5.74, 6) is 2.41. The molecule has 9 aromatic carbocycles. The van der Waals surface area contributed by atoms with Gasteiger partial charge in [0.15, 0.2) is 5.82 Å². The number of thioether (sulfide) groups is 1. The number of hydrogen-bond donors (Lipinski definition) is 0. The number of allylic oxidation sites excluding steroid dienone is 2. The van der Waals surface area contributed by atoms with Crippen molar-refractivity contribution >= 4 is 87.4 Å². The van der Waals surface area contributed by atoms with Gasteiger partial charge in [-0.25, -0.2) is 9.97 Å². The van der Waals surface area contributed by atoms with Crippen LogP contribution in [0.4, 0.5) is 11.5 Å². The Morgan fingerprint density at radius 3 is 2.25 bits per heavy atom. The smallest absolute Gasteiger partial charge is 0.160 e. The van der Waals surface area contributed by atoms with Gasteiger partial charge in [0.05, 0.1) is 23.0 Å². The Hall–Kier alpha value is -7.25. The molecule has 5 heterocycles. The molecule has 0 N–H and O–H groups in total. The lowest BCUT2D eigenvalue weighted by atomic mass is 9.69. The molecule has 0 saturated heterocycles. The van der Waals surface area contributed by atoms with Crippen molar-refractivity contribution in [2.75, 3.05) is 4.90 Å². The minimum Gasteiger partial charge on any atom is -0.487 e. The molecule has 3 aliphatic heterocycles. The number of nitrogens with zero attached hydrogens (tertiary/aromatic N) is 3. The van der Waals surface area contributed by atoms with Crippen molar-refractivity contribution < 1.29 is 4.74 Å². The molecular weight excluding hydrogens is 867 g/mol. The lowest BCUT2D eigenvalue weighted by Crippen LogP contribution is -2.49. The van der Waals surface area contributed by atoms with Crippen molar-refractivity contribution in [2.45, 2.75) is 52.9 Å². The fourth-order valence-corrected chi connectivity index (χ4v) is 15.5. The number of fused-ring (bicyclic) bond motifs is 20. The zero-order valence-electron chi connectivity index (χ0n) is 36.8. The van der Waals surface area contributed by atoms with Gasteiger partial charge < -0.3 is 9.64 Å². The highest BCUT2D eigenvalue weighted by atomic mass is 32.2. The van der Waals surface area contributed by atoms with Crippen LogP contribution < -0.4 is 9.64 Å². The van der Waals surface area contributed by atoms with Gasteiger partial charge in [-0.2, -0.15) is 0 Å². The predicted octanol–water partition coefficient (Wildman–Crippen LogP) is 16.1. The monoisotopic (exact) mass is 907 g/mol. The first-order chi connectivity index (χ1) is 33.7. The van der Waals surface area contributed by atoms with Crippen LogP contribution in [0.3, 0.4) is 0 Å². The van der Waals surface area contributed by atoms with E-state index in [-0.39, 0.29) is 24.0 Å². The third kappa shape index (κ3) is 5.33. The normalized spacial score (nSPS) is 21.7. The molecular formula is C62H41N3OS2. The molecule has 0 radical (unpaired) electrons. The highest BCUT2D eigenvalue weighted by molar-refractivity contribution is 8.00. The summed E-state index contributed by atoms with van der Waals surface area (Å²) in [6.45, 7) is 0. The van der Waals surface area contributed by atoms with E-state index in [0.717, 1.165) is 51.1 Å². The lowest BCUT2D eigenvalue weighted by Gasteiger charge is -2.41. The maximum atomic E-state index is 7.48. The first kappa shape index (κ1) is 37.8. The molecule has 0 amide bonds. The Labute approximate surface area is 401 Å². The summed E-state index contributed by atoms with van der Waals surface area (Å²) < 4.78 is 10.1. The summed E-state index contributed by atoms with van der Waals surface area (Å²) in [4.78, 5) is 15.4. The van der Waals surface area contributed by atoms with Crippen molar-refractivity contribution in [3.8, 4) is 28.1 Å². The number of ether oxygens (including phenoxy) is 1. The molecule has 2 aromatic heterocycles. The second-order valence-electron chi connectivity index (χ2n) is 19.3. The van der Waals surface area contributed by atoms with E-state index < -0.39 is 0 Å². The zero-order valence-corrected chi connectivity index (χ0v) is 38.5. The number of anilines is 2. The molecule has 6 unspecified atom stereocenters. The van der Waals surface area contributed by atoms with Crippen LogP contribution in [0.15, 0.2) is 193 Å². The van der Waals surface area contributed by atoms with Crippen molar-refractivity contribution in [2.24, 2.45) is 0 Å². The Bertz CT molecular complexity index is 4020. The van der Waals surface area contributed by atoms with Crippen molar-refractivity contribution in [3.05, 3.63) is 216 Å². The molecule has 0 spiro atoms. The summed E-state index contributed by atoms with van der Waals surface area (Å²) >= 11 is 3.92. The third-order valence-electron chi connectivity index (χ3n) is 15.8. The number of hydrogen-bond acceptors (Lipinski definition) is 6. The van der Waals surface area contributed by atoms with E-state index in [4.69, 9.17) is 14.7 Å². The quantitative estimate of drug-likeness (QED) is 0.130. The Kier molecular flexibility index (Phi) is 7.86. The fraction of sp³-hybridized carbons (Fsp3) is 0.129. The van der Waals surface area contributed by atoms with E-state index in [1.807, 2.05) is 23.1 Å². The van der Waals surface area contributed by atoms with Gasteiger partial charge in [0.1, 0.15) is 17.5 Å². The zero-order chi connectivity index (χ0) is 44.2. The van der Waals surface area contributed by atoms with Crippen LogP contribution in [0.25, 0.3) is 75.1 Å². The molecule has 11 aromatic rings. The van der Waals surface area contributed by atoms with Gasteiger partial charge in [-0.1, -0.05) is 140 Å². The minimum atomic E-state index is -0.188. The van der Waals surface area contributed by atoms with Gasteiger partial charge in [0, 0.05) is 64.4 Å². The Balaban J connectivity index is 0.878. The van der Waals surface area contributed by atoms with Crippen LogP contribution in [0.1, 0.15) is 58.4 Å². The van der Waals surface area contributed by atoms with E-state index in [0.29, 0.717) is 11.2 Å². The van der Waals surface area contributed by atoms with Crippen LogP contribution >= 0.6 is 23.1 Å². The SMILES string of the molecule is C1=CC2c3ccc(-c4nc5ccc6ccccc6c5nc4N4c5ccccc5C5c6ccccc6C6c7cc8cc(-c9ccc%10c(c9)sc9ccccc9%10)ccc8cc7OC6C54)cc3SC2CC1. The van der Waals surface area contributed by atoms with Crippen molar-refractivity contribution in [1.82, 2.24) is 9.97 Å². The summed E-state index contributed by atoms with van der Waals surface area (Å²) in [5.41, 5.74) is 14.2. The molecule has 0 fully saturated rings. The summed E-state index contributed by atoms with van der Waals surface area (Å²) in [6.07, 6.45) is 6.98. The number of benzene rings is 9. The highest BCUT2D eigenvalue weighted by Crippen LogP contribution is 2.61. The van der Waals surface area contributed by atoms with Crippen LogP contribution in [0, 0.1) is 0 Å². The predicted molar refractivity (Wildman–Crippen MR) is 282 cm³/mol. The summed E-state index contributed by atoms with van der Waals surface area (Å²) in [5, 5.41) is 7.93. The molecule has 6 atom stereocenters. The maximum Gasteiger partial charge on any atom is 0.160 e. The van der Waals surface area contributed by atoms with Gasteiger partial charge in [-0.05, 0) is 111 Å². The molecule has 4 nitrogen and oxygen atoms in total. The average molecular weight is 908 g/mol. The second-order valence-corrected chi connectivity index (χ2v) is 21.7. The minimum absolute atomic E-state index is 0.0210. The topological polar surface area (TPSA) is 38.2 Å². The second kappa shape index (κ2) is 14.1. The maximum absolute atomic E-state index is 7.48. The van der Waals surface area contributed by atoms with E-state index in [2.05, 4.69) is 193 Å². The first-order valence-electron chi connectivity index (χ1n) is 24.0. The fourth-order valence-electron chi connectivity index (χ4n) is 12.8. The van der Waals surface area contributed by atoms with Gasteiger partial charge in [-0.3, -0.25) is 0 Å².